The minimum Gasteiger partial charge on any atom is -0.370 e. The quantitative estimate of drug-likeness (QED) is 0.0447. The first kappa shape index (κ1) is 43.4. The minimum absolute atomic E-state index is 0.0595. The second kappa shape index (κ2) is 21.7. The molecule has 1 aliphatic carbocycles. The summed E-state index contributed by atoms with van der Waals surface area (Å²) < 4.78 is 0. The van der Waals surface area contributed by atoms with E-state index in [9.17, 15) is 28.8 Å². The lowest BCUT2D eigenvalue weighted by molar-refractivity contribution is -0.138. The Labute approximate surface area is 332 Å². The first-order valence-corrected chi connectivity index (χ1v) is 19.1. The molecule has 0 saturated carbocycles. The van der Waals surface area contributed by atoms with Crippen molar-refractivity contribution in [2.75, 3.05) is 26.7 Å². The highest BCUT2D eigenvalue weighted by molar-refractivity contribution is 5.96. The number of nitrogens with one attached hydrogen (secondary N) is 4. The van der Waals surface area contributed by atoms with E-state index in [2.05, 4.69) is 31.3 Å². The number of allylic oxidation sites excluding steroid dienone is 3. The molecule has 16 nitrogen and oxygen atoms in total. The van der Waals surface area contributed by atoms with Crippen molar-refractivity contribution < 1.29 is 28.8 Å². The van der Waals surface area contributed by atoms with Gasteiger partial charge in [-0.2, -0.15) is 0 Å². The van der Waals surface area contributed by atoms with Crippen LogP contribution >= 0.6 is 0 Å². The molecule has 10 N–H and O–H groups in total. The summed E-state index contributed by atoms with van der Waals surface area (Å²) in [7, 11) is 1.41. The summed E-state index contributed by atoms with van der Waals surface area (Å²) in [6, 6.07) is 12.0. The number of rotatable bonds is 22. The standard InChI is InChI=1S/C41H54N10O6/c1-3-12-36(53)47-32(21-27-15-7-8-16-27)38(55)49-33(22-26-13-5-4-6-14-26)39(56)48-31(19-11-20-45-41(43)44)37(54)50-34(40(57)51(2)25-35(42)52)23-28-24-46-30-18-10-9-17-29(28)30/h4-10,13-15,17-18,31-34H,3,11-12,16,19-25H2,1-2H3,(H2,42,52)(H,47,53)(H,48,56)(H,49,55)(H,50,54)(H4,43,44,45). The van der Waals surface area contributed by atoms with Crippen molar-refractivity contribution in [1.82, 2.24) is 26.2 Å². The second-order valence-electron chi connectivity index (χ2n) is 14.2. The van der Waals surface area contributed by atoms with E-state index in [1.54, 1.807) is 12.1 Å². The molecule has 1 aliphatic heterocycles. The number of amides is 6. The van der Waals surface area contributed by atoms with Gasteiger partial charge < -0.3 is 43.4 Å². The average molecular weight is 783 g/mol. The molecule has 1 heterocycles. The fourth-order valence-electron chi connectivity index (χ4n) is 6.63. The Hall–Kier alpha value is -6.32. The lowest BCUT2D eigenvalue weighted by Crippen LogP contribution is -2.59. The molecule has 57 heavy (non-hydrogen) atoms. The number of hydrogen-bond donors (Lipinski definition) is 7. The van der Waals surface area contributed by atoms with Gasteiger partial charge in [0.2, 0.25) is 35.4 Å². The normalized spacial score (nSPS) is 14.8. The summed E-state index contributed by atoms with van der Waals surface area (Å²) in [5.41, 5.74) is 18.9. The molecule has 4 rings (SSSR count). The highest BCUT2D eigenvalue weighted by Gasteiger charge is 2.33. The summed E-state index contributed by atoms with van der Waals surface area (Å²) in [5, 5.41) is 12.9. The molecule has 0 saturated heterocycles. The molecule has 0 aromatic heterocycles. The van der Waals surface area contributed by atoms with Gasteiger partial charge in [0.25, 0.3) is 0 Å². The largest absolute Gasteiger partial charge is 0.370 e. The van der Waals surface area contributed by atoms with E-state index in [0.717, 1.165) is 32.2 Å². The lowest BCUT2D eigenvalue weighted by Gasteiger charge is -2.28. The van der Waals surface area contributed by atoms with Crippen LogP contribution in [0.15, 0.2) is 88.4 Å². The SMILES string of the molecule is CCCC(=O)NC(CC1=CC=CC1)C(=O)NC(Cc1ccccc1)C(=O)NC(CCCN=C(N)N)C(=O)NC(CC1=c2ccccc2=NC1)C(=O)N(C)CC(N)=O. The maximum atomic E-state index is 14.3. The molecule has 0 radical (unpaired) electrons. The van der Waals surface area contributed by atoms with Crippen LogP contribution in [0.5, 0.6) is 0 Å². The summed E-state index contributed by atoms with van der Waals surface area (Å²) in [4.78, 5) is 90.3. The van der Waals surface area contributed by atoms with Crippen LogP contribution in [-0.4, -0.2) is 97.2 Å². The van der Waals surface area contributed by atoms with Crippen molar-refractivity contribution in [3.63, 3.8) is 0 Å². The van der Waals surface area contributed by atoms with Crippen molar-refractivity contribution in [3.05, 3.63) is 94.5 Å². The van der Waals surface area contributed by atoms with Gasteiger partial charge in [-0.3, -0.25) is 38.8 Å². The van der Waals surface area contributed by atoms with Gasteiger partial charge in [0.15, 0.2) is 5.96 Å². The Morgan fingerprint density at radius 2 is 1.46 bits per heavy atom. The zero-order valence-corrected chi connectivity index (χ0v) is 32.5. The van der Waals surface area contributed by atoms with E-state index in [4.69, 9.17) is 17.2 Å². The van der Waals surface area contributed by atoms with Crippen molar-refractivity contribution in [2.45, 2.75) is 82.5 Å². The van der Waals surface area contributed by atoms with E-state index in [1.807, 2.05) is 67.6 Å². The molecule has 16 heteroatoms. The third-order valence-electron chi connectivity index (χ3n) is 9.50. The van der Waals surface area contributed by atoms with Gasteiger partial charge in [-0.15, -0.1) is 0 Å². The molecule has 4 atom stereocenters. The topological polar surface area (TPSA) is 257 Å². The monoisotopic (exact) mass is 782 g/mol. The number of nitrogens with zero attached hydrogens (tertiary/aromatic N) is 3. The smallest absolute Gasteiger partial charge is 0.245 e. The van der Waals surface area contributed by atoms with Gasteiger partial charge in [-0.1, -0.05) is 79.3 Å². The zero-order chi connectivity index (χ0) is 41.3. The van der Waals surface area contributed by atoms with Crippen LogP contribution in [0.25, 0.3) is 5.57 Å². The van der Waals surface area contributed by atoms with Crippen molar-refractivity contribution in [1.29, 1.82) is 0 Å². The van der Waals surface area contributed by atoms with Crippen LogP contribution in [0.2, 0.25) is 0 Å². The summed E-state index contributed by atoms with van der Waals surface area (Å²) in [5.74, 6) is -3.63. The van der Waals surface area contributed by atoms with E-state index in [0.29, 0.717) is 19.4 Å². The van der Waals surface area contributed by atoms with Crippen LogP contribution in [0.4, 0.5) is 0 Å². The number of nitrogens with two attached hydrogens (primary N) is 3. The Balaban J connectivity index is 1.62. The Morgan fingerprint density at radius 1 is 0.807 bits per heavy atom. The molecule has 2 aromatic carbocycles. The molecule has 6 amide bonds. The number of benzene rings is 2. The fraction of sp³-hybridized carbons (Fsp3) is 0.415. The van der Waals surface area contributed by atoms with Gasteiger partial charge in [-0.25, -0.2) is 0 Å². The first-order chi connectivity index (χ1) is 27.3. The fourth-order valence-corrected chi connectivity index (χ4v) is 6.63. The third kappa shape index (κ3) is 13.7. The Bertz CT molecular complexity index is 1990. The average Bonchev–Trinajstić information content (AvgIpc) is 3.85. The zero-order valence-electron chi connectivity index (χ0n) is 32.5. The van der Waals surface area contributed by atoms with Gasteiger partial charge in [0.05, 0.1) is 18.4 Å². The van der Waals surface area contributed by atoms with Gasteiger partial charge in [0, 0.05) is 38.1 Å². The second-order valence-corrected chi connectivity index (χ2v) is 14.2. The number of hydrogen-bond acceptors (Lipinski definition) is 8. The van der Waals surface area contributed by atoms with E-state index in [1.165, 1.54) is 7.05 Å². The highest BCUT2D eigenvalue weighted by Crippen LogP contribution is 2.18. The summed E-state index contributed by atoms with van der Waals surface area (Å²) in [6.45, 7) is 1.94. The first-order valence-electron chi connectivity index (χ1n) is 19.1. The minimum atomic E-state index is -1.21. The van der Waals surface area contributed by atoms with E-state index >= 15 is 0 Å². The van der Waals surface area contributed by atoms with Crippen LogP contribution < -0.4 is 49.0 Å². The maximum absolute atomic E-state index is 14.3. The number of primary amides is 1. The highest BCUT2D eigenvalue weighted by atomic mass is 16.2. The molecule has 4 unspecified atom stereocenters. The third-order valence-corrected chi connectivity index (χ3v) is 9.50. The number of guanidine groups is 1. The molecular formula is C41H54N10O6. The Kier molecular flexibility index (Phi) is 16.5. The summed E-state index contributed by atoms with van der Waals surface area (Å²) in [6.07, 6.45) is 7.92. The molecule has 2 aromatic rings. The van der Waals surface area contributed by atoms with Crippen LogP contribution in [0.1, 0.15) is 57.4 Å². The van der Waals surface area contributed by atoms with Crippen molar-refractivity contribution in [2.24, 2.45) is 27.2 Å². The number of carbonyl (C=O) groups is 6. The molecule has 2 aliphatic rings. The van der Waals surface area contributed by atoms with Crippen molar-refractivity contribution >= 4 is 47.0 Å². The molecule has 0 spiro atoms. The lowest BCUT2D eigenvalue weighted by atomic mass is 10.0. The molecule has 0 bridgehead atoms. The van der Waals surface area contributed by atoms with Crippen molar-refractivity contribution in [3.8, 4) is 0 Å². The molecule has 304 valence electrons. The predicted molar refractivity (Wildman–Crippen MR) is 216 cm³/mol. The van der Waals surface area contributed by atoms with Gasteiger partial charge in [-0.05, 0) is 49.3 Å². The summed E-state index contributed by atoms with van der Waals surface area (Å²) >= 11 is 0. The number of fused-ring (bicyclic) bond motifs is 1. The van der Waals surface area contributed by atoms with E-state index < -0.39 is 53.7 Å². The Morgan fingerprint density at radius 3 is 2.12 bits per heavy atom. The van der Waals surface area contributed by atoms with Crippen LogP contribution in [0.3, 0.4) is 0 Å². The maximum Gasteiger partial charge on any atom is 0.245 e. The number of aliphatic imine (C=N–C) groups is 1. The van der Waals surface area contributed by atoms with Gasteiger partial charge >= 0.3 is 0 Å². The van der Waals surface area contributed by atoms with Crippen LogP contribution in [-0.2, 0) is 35.2 Å². The number of carbonyl (C=O) groups excluding carboxylic acids is 6. The molecular weight excluding hydrogens is 729 g/mol. The number of likely N-dealkylation sites (N-methyl/N-ethyl adjacent to an activating group) is 1. The van der Waals surface area contributed by atoms with Crippen LogP contribution in [0, 0.1) is 0 Å². The number of para-hydroxylation sites is 1. The van der Waals surface area contributed by atoms with Gasteiger partial charge in [0.1, 0.15) is 24.2 Å². The predicted octanol–water partition coefficient (Wildman–Crippen LogP) is -0.884. The molecule has 0 fully saturated rings. The van der Waals surface area contributed by atoms with E-state index in [-0.39, 0.29) is 63.5 Å².